The lowest BCUT2D eigenvalue weighted by Gasteiger charge is -2.14. The Labute approximate surface area is 191 Å². The molecule has 0 atom stereocenters. The van der Waals surface area contributed by atoms with E-state index in [1.54, 1.807) is 13.0 Å². The van der Waals surface area contributed by atoms with Gasteiger partial charge in [-0.1, -0.05) is 0 Å². The molecule has 2 aromatic carbocycles. The predicted molar refractivity (Wildman–Crippen MR) is 120 cm³/mol. The molecule has 2 aromatic heterocycles. The molecule has 0 fully saturated rings. The number of nitrogens with one attached hydrogen (secondary N) is 2. The van der Waals surface area contributed by atoms with Gasteiger partial charge in [-0.3, -0.25) is 15.1 Å². The largest absolute Gasteiger partial charge is 0.450 e. The van der Waals surface area contributed by atoms with Gasteiger partial charge in [0.15, 0.2) is 17.1 Å². The second kappa shape index (κ2) is 9.49. The number of aromatic nitrogens is 2. The number of ether oxygens (including phenoxy) is 2. The summed E-state index contributed by atoms with van der Waals surface area (Å²) in [4.78, 5) is 43.7. The minimum absolute atomic E-state index is 0.0374. The topological polar surface area (TPSA) is 110 Å². The first kappa shape index (κ1) is 22.6. The Balaban J connectivity index is 1.77. The second-order valence-corrected chi connectivity index (χ2v) is 7.04. The minimum atomic E-state index is -1.14. The summed E-state index contributed by atoms with van der Waals surface area (Å²) in [6, 6.07) is 10.3. The van der Waals surface area contributed by atoms with Crippen molar-refractivity contribution in [3.05, 3.63) is 88.3 Å². The molecule has 0 saturated heterocycles. The average molecular weight is 465 g/mol. The highest BCUT2D eigenvalue weighted by atomic mass is 19.2. The normalized spacial score (nSPS) is 10.7. The monoisotopic (exact) mass is 465 g/mol. The van der Waals surface area contributed by atoms with Crippen LogP contribution in [0.25, 0.3) is 22.2 Å². The van der Waals surface area contributed by atoms with Gasteiger partial charge in [0.2, 0.25) is 0 Å². The first-order valence-electron chi connectivity index (χ1n) is 10.1. The van der Waals surface area contributed by atoms with Crippen LogP contribution in [0.4, 0.5) is 19.3 Å². The predicted octanol–water partition coefficient (Wildman–Crippen LogP) is 4.66. The van der Waals surface area contributed by atoms with Gasteiger partial charge in [0.25, 0.3) is 0 Å². The molecule has 0 aliphatic carbocycles. The minimum Gasteiger partial charge on any atom is -0.450 e. The molecular formula is C24H17F2N3O5. The van der Waals surface area contributed by atoms with Crippen molar-refractivity contribution < 1.29 is 27.8 Å². The van der Waals surface area contributed by atoms with Gasteiger partial charge >= 0.3 is 12.1 Å². The van der Waals surface area contributed by atoms with Crippen molar-refractivity contribution in [1.82, 2.24) is 9.97 Å². The summed E-state index contributed by atoms with van der Waals surface area (Å²) in [6.45, 7) is 1.73. The van der Waals surface area contributed by atoms with E-state index in [9.17, 15) is 23.2 Å². The van der Waals surface area contributed by atoms with Crippen molar-refractivity contribution in [3.8, 4) is 17.0 Å². The molecule has 0 bridgehead atoms. The van der Waals surface area contributed by atoms with Crippen LogP contribution in [-0.2, 0) is 4.74 Å². The Morgan fingerprint density at radius 3 is 2.62 bits per heavy atom. The molecule has 0 saturated carbocycles. The first-order valence-corrected chi connectivity index (χ1v) is 10.1. The van der Waals surface area contributed by atoms with Crippen LogP contribution in [-0.4, -0.2) is 28.6 Å². The third-order valence-electron chi connectivity index (χ3n) is 4.77. The van der Waals surface area contributed by atoms with E-state index in [4.69, 9.17) is 9.47 Å². The van der Waals surface area contributed by atoms with Crippen LogP contribution in [0.2, 0.25) is 0 Å². The van der Waals surface area contributed by atoms with E-state index in [-0.39, 0.29) is 40.2 Å². The van der Waals surface area contributed by atoms with Gasteiger partial charge in [-0.15, -0.1) is 0 Å². The summed E-state index contributed by atoms with van der Waals surface area (Å²) in [5.41, 5.74) is 0.401. The summed E-state index contributed by atoms with van der Waals surface area (Å²) in [5.74, 6) is -2.83. The summed E-state index contributed by atoms with van der Waals surface area (Å²) < 4.78 is 37.6. The molecule has 172 valence electrons. The number of H-pyrrole nitrogens is 1. The molecule has 8 nitrogen and oxygen atoms in total. The standard InChI is InChI=1S/C24H17F2N3O5/c1-2-33-24(32)29-19-8-14(34-23(31)13-4-3-7-27-12-13)5-6-15(19)21-11-22(30)16-9-17(25)18(26)10-20(16)28-21/h3-12H,2H2,1H3,(H,28,30)(H,29,32). The number of rotatable bonds is 5. The smallest absolute Gasteiger partial charge is 0.411 e. The Hall–Kier alpha value is -4.60. The van der Waals surface area contributed by atoms with E-state index in [2.05, 4.69) is 15.3 Å². The zero-order chi connectivity index (χ0) is 24.2. The SMILES string of the molecule is CCOC(=O)Nc1cc(OC(=O)c2cccnc2)ccc1-c1cc(=O)c2cc(F)c(F)cc2[nH]1. The third-order valence-corrected chi connectivity index (χ3v) is 4.77. The van der Waals surface area contributed by atoms with Gasteiger partial charge in [-0.05, 0) is 37.3 Å². The number of fused-ring (bicyclic) bond motifs is 1. The number of pyridine rings is 2. The molecule has 0 spiro atoms. The molecule has 2 heterocycles. The van der Waals surface area contributed by atoms with E-state index in [1.807, 2.05) is 0 Å². The second-order valence-electron chi connectivity index (χ2n) is 7.04. The van der Waals surface area contributed by atoms with Gasteiger partial charge in [-0.2, -0.15) is 0 Å². The number of benzene rings is 2. The van der Waals surface area contributed by atoms with Crippen LogP contribution < -0.4 is 15.5 Å². The van der Waals surface area contributed by atoms with E-state index in [0.717, 1.165) is 12.1 Å². The van der Waals surface area contributed by atoms with Crippen molar-refractivity contribution in [2.24, 2.45) is 0 Å². The Bertz CT molecular complexity index is 1450. The molecule has 0 unspecified atom stereocenters. The van der Waals surface area contributed by atoms with Crippen LogP contribution in [0.15, 0.2) is 65.7 Å². The maximum atomic E-state index is 13.7. The fourth-order valence-electron chi connectivity index (χ4n) is 3.24. The van der Waals surface area contributed by atoms with Crippen LogP contribution >= 0.6 is 0 Å². The summed E-state index contributed by atoms with van der Waals surface area (Å²) >= 11 is 0. The van der Waals surface area contributed by atoms with Crippen molar-refractivity contribution >= 4 is 28.7 Å². The van der Waals surface area contributed by atoms with E-state index in [0.29, 0.717) is 5.56 Å². The van der Waals surface area contributed by atoms with Crippen LogP contribution in [0.1, 0.15) is 17.3 Å². The Kier molecular flexibility index (Phi) is 6.30. The van der Waals surface area contributed by atoms with Crippen molar-refractivity contribution in [2.45, 2.75) is 6.92 Å². The number of anilines is 1. The van der Waals surface area contributed by atoms with Gasteiger partial charge in [0.1, 0.15) is 5.75 Å². The summed E-state index contributed by atoms with van der Waals surface area (Å²) in [6.07, 6.45) is 2.07. The maximum Gasteiger partial charge on any atom is 0.411 e. The first-order chi connectivity index (χ1) is 16.4. The highest BCUT2D eigenvalue weighted by Gasteiger charge is 2.16. The molecular weight excluding hydrogens is 448 g/mol. The zero-order valence-electron chi connectivity index (χ0n) is 17.7. The van der Waals surface area contributed by atoms with Gasteiger partial charge in [0, 0.05) is 41.5 Å². The molecule has 4 rings (SSSR count). The molecule has 0 aliphatic rings. The number of esters is 1. The molecule has 34 heavy (non-hydrogen) atoms. The van der Waals surface area contributed by atoms with Crippen molar-refractivity contribution in [3.63, 3.8) is 0 Å². The highest BCUT2D eigenvalue weighted by Crippen LogP contribution is 2.31. The number of carbonyl (C=O) groups is 2. The number of hydrogen-bond donors (Lipinski definition) is 2. The van der Waals surface area contributed by atoms with Crippen LogP contribution in [0.5, 0.6) is 5.75 Å². The molecule has 4 aromatic rings. The lowest BCUT2D eigenvalue weighted by Crippen LogP contribution is -2.15. The third kappa shape index (κ3) is 4.75. The molecule has 1 amide bonds. The quantitative estimate of drug-likeness (QED) is 0.328. The number of amides is 1. The van der Waals surface area contributed by atoms with E-state index in [1.165, 1.54) is 42.7 Å². The van der Waals surface area contributed by atoms with Crippen LogP contribution in [0.3, 0.4) is 0 Å². The van der Waals surface area contributed by atoms with Gasteiger partial charge < -0.3 is 14.5 Å². The van der Waals surface area contributed by atoms with Crippen molar-refractivity contribution in [1.29, 1.82) is 0 Å². The van der Waals surface area contributed by atoms with Crippen LogP contribution in [0, 0.1) is 11.6 Å². The lowest BCUT2D eigenvalue weighted by molar-refractivity contribution is 0.0734. The molecule has 0 aliphatic heterocycles. The van der Waals surface area contributed by atoms with E-state index >= 15 is 0 Å². The van der Waals surface area contributed by atoms with Crippen molar-refractivity contribution in [2.75, 3.05) is 11.9 Å². The fraction of sp³-hybridized carbons (Fsp3) is 0.0833. The Morgan fingerprint density at radius 2 is 1.88 bits per heavy atom. The number of hydrogen-bond acceptors (Lipinski definition) is 6. The summed E-state index contributed by atoms with van der Waals surface area (Å²) in [5, 5.41) is 2.49. The molecule has 10 heteroatoms. The fourth-order valence-corrected chi connectivity index (χ4v) is 3.24. The number of carbonyl (C=O) groups excluding carboxylic acids is 2. The molecule has 0 radical (unpaired) electrons. The molecule has 2 N–H and O–H groups in total. The average Bonchev–Trinajstić information content (AvgIpc) is 2.81. The number of aromatic amines is 1. The zero-order valence-corrected chi connectivity index (χ0v) is 17.7. The number of halogens is 2. The highest BCUT2D eigenvalue weighted by molar-refractivity contribution is 5.94. The Morgan fingerprint density at radius 1 is 1.09 bits per heavy atom. The summed E-state index contributed by atoms with van der Waals surface area (Å²) in [7, 11) is 0. The van der Waals surface area contributed by atoms with Gasteiger partial charge in [-0.25, -0.2) is 18.4 Å². The number of nitrogens with zero attached hydrogens (tertiary/aromatic N) is 1. The van der Waals surface area contributed by atoms with Gasteiger partial charge in [0.05, 0.1) is 29.1 Å². The van der Waals surface area contributed by atoms with E-state index < -0.39 is 29.1 Å². The maximum absolute atomic E-state index is 13.7. The lowest BCUT2D eigenvalue weighted by atomic mass is 10.1.